The molecule has 488 valence electrons. The van der Waals surface area contributed by atoms with Crippen LogP contribution in [-0.2, 0) is 28.6 Å². The third-order valence-corrected chi connectivity index (χ3v) is 17.9. The Morgan fingerprint density at radius 1 is 0.195 bits per heavy atom. The zero-order chi connectivity index (χ0) is 59.2. The molecule has 1 unspecified atom stereocenters. The van der Waals surface area contributed by atoms with Crippen LogP contribution in [-0.4, -0.2) is 37.2 Å². The van der Waals surface area contributed by atoms with E-state index in [-0.39, 0.29) is 31.1 Å². The van der Waals surface area contributed by atoms with Gasteiger partial charge in [0.05, 0.1) is 0 Å². The summed E-state index contributed by atoms with van der Waals surface area (Å²) in [5, 5.41) is 0. The van der Waals surface area contributed by atoms with Crippen LogP contribution in [0, 0.1) is 0 Å². The third-order valence-electron chi connectivity index (χ3n) is 17.9. The van der Waals surface area contributed by atoms with Crippen molar-refractivity contribution in [1.82, 2.24) is 0 Å². The lowest BCUT2D eigenvalue weighted by Crippen LogP contribution is -2.30. The Morgan fingerprint density at radius 2 is 0.329 bits per heavy atom. The van der Waals surface area contributed by atoms with Crippen LogP contribution >= 0.6 is 0 Å². The number of ether oxygens (including phenoxy) is 3. The fourth-order valence-corrected chi connectivity index (χ4v) is 12.2. The van der Waals surface area contributed by atoms with Gasteiger partial charge in [0.15, 0.2) is 6.10 Å². The minimum Gasteiger partial charge on any atom is -0.462 e. The molecule has 0 heterocycles. The second kappa shape index (κ2) is 71.9. The Hall–Kier alpha value is -1.59. The van der Waals surface area contributed by atoms with Crippen LogP contribution in [0.25, 0.3) is 0 Å². The third kappa shape index (κ3) is 69.2. The first kappa shape index (κ1) is 80.4. The van der Waals surface area contributed by atoms with Crippen molar-refractivity contribution >= 4 is 17.9 Å². The summed E-state index contributed by atoms with van der Waals surface area (Å²) in [6.07, 6.45) is 86.1. The van der Waals surface area contributed by atoms with E-state index >= 15 is 0 Å². The van der Waals surface area contributed by atoms with E-state index in [0.717, 1.165) is 57.8 Å². The molecule has 6 heteroatoms. The van der Waals surface area contributed by atoms with Crippen molar-refractivity contribution in [2.24, 2.45) is 0 Å². The minimum absolute atomic E-state index is 0.0606. The summed E-state index contributed by atoms with van der Waals surface area (Å²) in [5.41, 5.74) is 0. The highest BCUT2D eigenvalue weighted by molar-refractivity contribution is 5.71. The number of rotatable bonds is 72. The summed E-state index contributed by atoms with van der Waals surface area (Å²) < 4.78 is 17.0. The molecule has 0 amide bonds. The molecule has 0 bridgehead atoms. The molecule has 0 aliphatic carbocycles. The molecular weight excluding hydrogens is 1010 g/mol. The van der Waals surface area contributed by atoms with Gasteiger partial charge in [0.2, 0.25) is 0 Å². The average molecular weight is 1160 g/mol. The van der Waals surface area contributed by atoms with Crippen molar-refractivity contribution in [2.45, 2.75) is 457 Å². The van der Waals surface area contributed by atoms with E-state index in [2.05, 4.69) is 20.8 Å². The molecule has 82 heavy (non-hydrogen) atoms. The molecule has 0 spiro atoms. The summed E-state index contributed by atoms with van der Waals surface area (Å²) in [6.45, 7) is 6.73. The maximum atomic E-state index is 12.9. The lowest BCUT2D eigenvalue weighted by atomic mass is 10.0. The van der Waals surface area contributed by atoms with Gasteiger partial charge in [0.25, 0.3) is 0 Å². The molecule has 0 aromatic rings. The monoisotopic (exact) mass is 1160 g/mol. The molecule has 0 rings (SSSR count). The SMILES string of the molecule is CCCCCCCCCCCCCCCCCCCCCCCCCCCCCCCC(=O)OCC(COC(=O)CCCCCCCCCCC)OC(=O)CCCCCCCCCCCCCCCCCCCCCCCCCCCC. The number of hydrogen-bond donors (Lipinski definition) is 0. The van der Waals surface area contributed by atoms with Crippen molar-refractivity contribution in [3.8, 4) is 0 Å². The molecule has 0 saturated heterocycles. The second-order valence-electron chi connectivity index (χ2n) is 26.3. The zero-order valence-electron chi connectivity index (χ0n) is 56.3. The van der Waals surface area contributed by atoms with Crippen LogP contribution in [0.1, 0.15) is 451 Å². The predicted molar refractivity (Wildman–Crippen MR) is 358 cm³/mol. The van der Waals surface area contributed by atoms with Crippen molar-refractivity contribution in [3.05, 3.63) is 0 Å². The summed E-state index contributed by atoms with van der Waals surface area (Å²) in [6, 6.07) is 0. The minimum atomic E-state index is -0.763. The van der Waals surface area contributed by atoms with E-state index in [4.69, 9.17) is 14.2 Å². The van der Waals surface area contributed by atoms with Gasteiger partial charge < -0.3 is 14.2 Å². The van der Waals surface area contributed by atoms with E-state index in [0.29, 0.717) is 19.3 Å². The summed E-state index contributed by atoms with van der Waals surface area (Å²) >= 11 is 0. The number of unbranched alkanes of at least 4 members (excludes halogenated alkanes) is 61. The topological polar surface area (TPSA) is 78.9 Å². The molecule has 0 saturated carbocycles. The largest absolute Gasteiger partial charge is 0.462 e. The maximum absolute atomic E-state index is 12.9. The second-order valence-corrected chi connectivity index (χ2v) is 26.3. The standard InChI is InChI=1S/C76H148O6/c1-4-7-10-13-16-19-21-23-25-27-29-31-33-35-37-38-39-41-42-44-46-48-50-52-54-57-60-63-66-69-75(78)81-72-73(71-80-74(77)68-65-62-59-56-18-15-12-9-6-3)82-76(79)70-67-64-61-58-55-53-51-49-47-45-43-40-36-34-32-30-28-26-24-22-20-17-14-11-8-5-2/h73H,4-72H2,1-3H3. The van der Waals surface area contributed by atoms with Crippen LogP contribution in [0.4, 0.5) is 0 Å². The lowest BCUT2D eigenvalue weighted by molar-refractivity contribution is -0.167. The Labute approximate surface area is 514 Å². The number of carbonyl (C=O) groups is 3. The summed E-state index contributed by atoms with van der Waals surface area (Å²) in [4.78, 5) is 38.3. The van der Waals surface area contributed by atoms with Crippen molar-refractivity contribution in [1.29, 1.82) is 0 Å². The van der Waals surface area contributed by atoms with Crippen LogP contribution in [0.2, 0.25) is 0 Å². The number of esters is 3. The van der Waals surface area contributed by atoms with Gasteiger partial charge >= 0.3 is 17.9 Å². The first-order valence-corrected chi connectivity index (χ1v) is 38.0. The van der Waals surface area contributed by atoms with Gasteiger partial charge in [-0.05, 0) is 19.3 Å². The molecule has 1 atom stereocenters. The van der Waals surface area contributed by atoms with E-state index < -0.39 is 6.10 Å². The Kier molecular flexibility index (Phi) is 70.5. The fourth-order valence-electron chi connectivity index (χ4n) is 12.2. The molecule has 0 N–H and O–H groups in total. The number of carbonyl (C=O) groups excluding carboxylic acids is 3. The molecule has 6 nitrogen and oxygen atoms in total. The zero-order valence-corrected chi connectivity index (χ0v) is 56.3. The maximum Gasteiger partial charge on any atom is 0.306 e. The van der Waals surface area contributed by atoms with E-state index in [9.17, 15) is 14.4 Å². The number of hydrogen-bond acceptors (Lipinski definition) is 6. The lowest BCUT2D eigenvalue weighted by Gasteiger charge is -2.18. The Bertz CT molecular complexity index is 1240. The van der Waals surface area contributed by atoms with Crippen molar-refractivity contribution < 1.29 is 28.6 Å². The molecule has 0 aromatic heterocycles. The van der Waals surface area contributed by atoms with Gasteiger partial charge in [0, 0.05) is 19.3 Å². The molecule has 0 radical (unpaired) electrons. The molecular formula is C76H148O6. The molecule has 0 aliphatic heterocycles. The first-order valence-electron chi connectivity index (χ1n) is 38.0. The van der Waals surface area contributed by atoms with Gasteiger partial charge in [-0.25, -0.2) is 0 Å². The highest BCUT2D eigenvalue weighted by Crippen LogP contribution is 2.20. The van der Waals surface area contributed by atoms with Gasteiger partial charge in [-0.15, -0.1) is 0 Å². The summed E-state index contributed by atoms with van der Waals surface area (Å²) in [7, 11) is 0. The van der Waals surface area contributed by atoms with Crippen LogP contribution in [0.3, 0.4) is 0 Å². The highest BCUT2D eigenvalue weighted by atomic mass is 16.6. The van der Waals surface area contributed by atoms with E-state index in [1.54, 1.807) is 0 Å². The van der Waals surface area contributed by atoms with Gasteiger partial charge in [-0.2, -0.15) is 0 Å². The van der Waals surface area contributed by atoms with E-state index in [1.807, 2.05) is 0 Å². The average Bonchev–Trinajstić information content (AvgIpc) is 3.48. The van der Waals surface area contributed by atoms with Crippen LogP contribution in [0.5, 0.6) is 0 Å². The quantitative estimate of drug-likeness (QED) is 0.0343. The van der Waals surface area contributed by atoms with E-state index in [1.165, 1.54) is 353 Å². The van der Waals surface area contributed by atoms with Crippen LogP contribution < -0.4 is 0 Å². The molecule has 0 aromatic carbocycles. The van der Waals surface area contributed by atoms with Gasteiger partial charge in [-0.3, -0.25) is 14.4 Å². The van der Waals surface area contributed by atoms with Crippen molar-refractivity contribution in [2.75, 3.05) is 13.2 Å². The van der Waals surface area contributed by atoms with Gasteiger partial charge in [-0.1, -0.05) is 412 Å². The van der Waals surface area contributed by atoms with Crippen molar-refractivity contribution in [3.63, 3.8) is 0 Å². The summed E-state index contributed by atoms with van der Waals surface area (Å²) in [5.74, 6) is -0.824. The van der Waals surface area contributed by atoms with Crippen LogP contribution in [0.15, 0.2) is 0 Å². The molecule has 0 fully saturated rings. The predicted octanol–water partition coefficient (Wildman–Crippen LogP) is 26.2. The Balaban J connectivity index is 4.02. The Morgan fingerprint density at radius 3 is 0.488 bits per heavy atom. The first-order chi connectivity index (χ1) is 40.5. The molecule has 0 aliphatic rings. The highest BCUT2D eigenvalue weighted by Gasteiger charge is 2.20. The van der Waals surface area contributed by atoms with Gasteiger partial charge in [0.1, 0.15) is 13.2 Å². The fraction of sp³-hybridized carbons (Fsp3) is 0.961. The smallest absolute Gasteiger partial charge is 0.306 e. The normalized spacial score (nSPS) is 11.9.